The number of halogens is 2. The van der Waals surface area contributed by atoms with E-state index in [0.717, 1.165) is 22.2 Å². The van der Waals surface area contributed by atoms with Crippen LogP contribution in [-0.4, -0.2) is 22.8 Å². The summed E-state index contributed by atoms with van der Waals surface area (Å²) in [7, 11) is 0. The molecule has 9 heteroatoms. The average Bonchev–Trinajstić information content (AvgIpc) is 3.45. The van der Waals surface area contributed by atoms with Crippen molar-refractivity contribution in [1.82, 2.24) is 4.90 Å². The predicted octanol–water partition coefficient (Wildman–Crippen LogP) is 6.22. The Hall–Kier alpha value is -2.87. The van der Waals surface area contributed by atoms with Crippen LogP contribution in [0.25, 0.3) is 17.4 Å². The number of furan rings is 1. The van der Waals surface area contributed by atoms with Crippen molar-refractivity contribution < 1.29 is 23.5 Å². The number of hydrogen-bond donors (Lipinski definition) is 0. The van der Waals surface area contributed by atoms with Gasteiger partial charge in [0, 0.05) is 22.7 Å². The summed E-state index contributed by atoms with van der Waals surface area (Å²) in [5.41, 5.74) is 1.34. The summed E-state index contributed by atoms with van der Waals surface area (Å²) in [6.45, 7) is 0.138. The maximum absolute atomic E-state index is 12.9. The summed E-state index contributed by atoms with van der Waals surface area (Å²) in [5.74, 6) is 1.67. The third kappa shape index (κ3) is 3.80. The molecule has 2 aliphatic heterocycles. The van der Waals surface area contributed by atoms with E-state index >= 15 is 0 Å². The molecule has 1 aromatic heterocycles. The summed E-state index contributed by atoms with van der Waals surface area (Å²) in [5, 5.41) is 0.565. The fourth-order valence-corrected chi connectivity index (χ4v) is 4.51. The lowest BCUT2D eigenvalue weighted by molar-refractivity contribution is -0.123. The number of hydrogen-bond acceptors (Lipinski definition) is 6. The lowest BCUT2D eigenvalue weighted by atomic mass is 10.2. The van der Waals surface area contributed by atoms with Gasteiger partial charge in [0.2, 0.25) is 6.79 Å². The predicted molar refractivity (Wildman–Crippen MR) is 118 cm³/mol. The number of carbonyl (C=O) groups excluding carboxylic acids is 2. The molecule has 0 atom stereocenters. The van der Waals surface area contributed by atoms with Crippen LogP contribution in [0.5, 0.6) is 11.5 Å². The molecule has 156 valence electrons. The molecule has 3 aromatic rings. The zero-order chi connectivity index (χ0) is 21.5. The molecule has 3 heterocycles. The molecular formula is C22H13Cl2NO5S. The van der Waals surface area contributed by atoms with E-state index in [4.69, 9.17) is 37.1 Å². The molecule has 0 spiro atoms. The van der Waals surface area contributed by atoms with Gasteiger partial charge in [0.1, 0.15) is 11.5 Å². The van der Waals surface area contributed by atoms with Gasteiger partial charge in [-0.3, -0.25) is 14.5 Å². The number of rotatable bonds is 4. The standard InChI is InChI=1S/C22H13Cl2NO5S/c23-15-4-2-1-3-14(15)17-6-5-13(30-17)8-20-21(26)25(22(27)31-20)10-12-7-18-19(9-16(12)24)29-11-28-18/h1-9H,10-11H2. The summed E-state index contributed by atoms with van der Waals surface area (Å²) >= 11 is 13.4. The maximum atomic E-state index is 12.9. The van der Waals surface area contributed by atoms with Gasteiger partial charge in [0.15, 0.2) is 11.5 Å². The van der Waals surface area contributed by atoms with E-state index in [1.807, 2.05) is 18.2 Å². The van der Waals surface area contributed by atoms with E-state index < -0.39 is 5.91 Å². The van der Waals surface area contributed by atoms with Crippen LogP contribution in [0.1, 0.15) is 11.3 Å². The van der Waals surface area contributed by atoms with Gasteiger partial charge in [0.05, 0.1) is 16.5 Å². The van der Waals surface area contributed by atoms with E-state index in [0.29, 0.717) is 38.6 Å². The average molecular weight is 474 g/mol. The van der Waals surface area contributed by atoms with Crippen molar-refractivity contribution >= 4 is 52.2 Å². The molecule has 5 rings (SSSR count). The molecule has 31 heavy (non-hydrogen) atoms. The van der Waals surface area contributed by atoms with Crippen molar-refractivity contribution in [1.29, 1.82) is 0 Å². The summed E-state index contributed by atoms with van der Waals surface area (Å²) in [6, 6.07) is 14.1. The summed E-state index contributed by atoms with van der Waals surface area (Å²) in [4.78, 5) is 26.7. The van der Waals surface area contributed by atoms with Crippen LogP contribution in [0, 0.1) is 0 Å². The van der Waals surface area contributed by atoms with Crippen molar-refractivity contribution in [2.24, 2.45) is 0 Å². The lowest BCUT2D eigenvalue weighted by Gasteiger charge is -2.14. The van der Waals surface area contributed by atoms with Gasteiger partial charge in [-0.1, -0.05) is 35.3 Å². The van der Waals surface area contributed by atoms with Crippen molar-refractivity contribution in [3.05, 3.63) is 74.8 Å². The van der Waals surface area contributed by atoms with Gasteiger partial charge in [0.25, 0.3) is 11.1 Å². The second kappa shape index (κ2) is 8.00. The van der Waals surface area contributed by atoms with E-state index in [9.17, 15) is 9.59 Å². The first-order valence-corrected chi connectivity index (χ1v) is 10.7. The molecule has 2 aromatic carbocycles. The topological polar surface area (TPSA) is 69.0 Å². The maximum Gasteiger partial charge on any atom is 0.293 e. The van der Waals surface area contributed by atoms with Gasteiger partial charge < -0.3 is 13.9 Å². The van der Waals surface area contributed by atoms with Crippen LogP contribution in [-0.2, 0) is 11.3 Å². The zero-order valence-corrected chi connectivity index (χ0v) is 18.1. The number of benzene rings is 2. The molecule has 0 aliphatic carbocycles. The van der Waals surface area contributed by atoms with Gasteiger partial charge >= 0.3 is 0 Å². The van der Waals surface area contributed by atoms with Gasteiger partial charge in [-0.05, 0) is 47.7 Å². The Kier molecular flexibility index (Phi) is 5.17. The van der Waals surface area contributed by atoms with E-state index in [-0.39, 0.29) is 23.5 Å². The molecule has 0 bridgehead atoms. The lowest BCUT2D eigenvalue weighted by Crippen LogP contribution is -2.27. The first kappa shape index (κ1) is 20.1. The Morgan fingerprint density at radius 2 is 1.77 bits per heavy atom. The Morgan fingerprint density at radius 1 is 1.00 bits per heavy atom. The molecule has 6 nitrogen and oxygen atoms in total. The number of carbonyl (C=O) groups is 2. The number of thioether (sulfide) groups is 1. The van der Waals surface area contributed by atoms with Crippen LogP contribution < -0.4 is 9.47 Å². The third-order valence-corrected chi connectivity index (χ3v) is 6.37. The van der Waals surface area contributed by atoms with Crippen LogP contribution >= 0.6 is 35.0 Å². The monoisotopic (exact) mass is 473 g/mol. The van der Waals surface area contributed by atoms with Gasteiger partial charge in [-0.15, -0.1) is 0 Å². The molecule has 1 saturated heterocycles. The van der Waals surface area contributed by atoms with E-state index in [2.05, 4.69) is 0 Å². The van der Waals surface area contributed by atoms with Crippen LogP contribution in [0.4, 0.5) is 4.79 Å². The highest BCUT2D eigenvalue weighted by atomic mass is 35.5. The number of nitrogens with zero attached hydrogens (tertiary/aromatic N) is 1. The molecule has 0 saturated carbocycles. The van der Waals surface area contributed by atoms with Crippen LogP contribution in [0.2, 0.25) is 10.0 Å². The smallest absolute Gasteiger partial charge is 0.293 e. The van der Waals surface area contributed by atoms with Gasteiger partial charge in [-0.2, -0.15) is 0 Å². The quantitative estimate of drug-likeness (QED) is 0.419. The van der Waals surface area contributed by atoms with Crippen LogP contribution in [0.15, 0.2) is 57.9 Å². The highest BCUT2D eigenvalue weighted by molar-refractivity contribution is 8.18. The highest BCUT2D eigenvalue weighted by Gasteiger charge is 2.36. The fourth-order valence-electron chi connectivity index (χ4n) is 3.25. The Balaban J connectivity index is 1.37. The molecule has 0 N–H and O–H groups in total. The Bertz CT molecular complexity index is 1250. The van der Waals surface area contributed by atoms with Crippen molar-refractivity contribution in [3.8, 4) is 22.8 Å². The number of amides is 2. The minimum absolute atomic E-state index is 0.0283. The number of ether oxygens (including phenoxy) is 2. The normalized spacial score (nSPS) is 16.6. The minimum Gasteiger partial charge on any atom is -0.457 e. The van der Waals surface area contributed by atoms with E-state index in [1.54, 1.807) is 36.4 Å². The van der Waals surface area contributed by atoms with Crippen molar-refractivity contribution in [2.45, 2.75) is 6.54 Å². The van der Waals surface area contributed by atoms with Crippen molar-refractivity contribution in [2.75, 3.05) is 6.79 Å². The van der Waals surface area contributed by atoms with Crippen LogP contribution in [0.3, 0.4) is 0 Å². The fraction of sp³-hybridized carbons (Fsp3) is 0.0909. The highest BCUT2D eigenvalue weighted by Crippen LogP contribution is 2.39. The number of fused-ring (bicyclic) bond motifs is 1. The third-order valence-electron chi connectivity index (χ3n) is 4.78. The molecular weight excluding hydrogens is 461 g/mol. The molecule has 1 fully saturated rings. The number of imide groups is 1. The molecule has 0 radical (unpaired) electrons. The van der Waals surface area contributed by atoms with Gasteiger partial charge in [-0.25, -0.2) is 0 Å². The summed E-state index contributed by atoms with van der Waals surface area (Å²) in [6.07, 6.45) is 1.55. The molecule has 2 amide bonds. The first-order valence-electron chi connectivity index (χ1n) is 9.18. The Morgan fingerprint density at radius 3 is 2.58 bits per heavy atom. The minimum atomic E-state index is -0.417. The van der Waals surface area contributed by atoms with E-state index in [1.165, 1.54) is 0 Å². The molecule has 0 unspecified atom stereocenters. The second-order valence-electron chi connectivity index (χ2n) is 6.75. The SMILES string of the molecule is O=C1SC(=Cc2ccc(-c3ccccc3Cl)o2)C(=O)N1Cc1cc2c(cc1Cl)OCO2. The largest absolute Gasteiger partial charge is 0.457 e. The Labute approximate surface area is 191 Å². The summed E-state index contributed by atoms with van der Waals surface area (Å²) < 4.78 is 16.4. The molecule has 2 aliphatic rings. The second-order valence-corrected chi connectivity index (χ2v) is 8.55. The first-order chi connectivity index (χ1) is 15.0. The van der Waals surface area contributed by atoms with Crippen molar-refractivity contribution in [3.63, 3.8) is 0 Å². The zero-order valence-electron chi connectivity index (χ0n) is 15.8.